The van der Waals surface area contributed by atoms with E-state index in [0.29, 0.717) is 11.3 Å². The van der Waals surface area contributed by atoms with Crippen LogP contribution in [0.25, 0.3) is 11.1 Å². The monoisotopic (exact) mass is 268 g/mol. The fourth-order valence-electron chi connectivity index (χ4n) is 1.71. The molecule has 0 bridgehead atoms. The van der Waals surface area contributed by atoms with Gasteiger partial charge in [0, 0.05) is 11.8 Å². The molecular formula is C13H11F3N2O. The fourth-order valence-corrected chi connectivity index (χ4v) is 1.71. The Kier molecular flexibility index (Phi) is 3.33. The Morgan fingerprint density at radius 3 is 2.32 bits per heavy atom. The molecule has 0 saturated heterocycles. The van der Waals surface area contributed by atoms with Gasteiger partial charge in [-0.1, -0.05) is 12.1 Å². The quantitative estimate of drug-likeness (QED) is 0.908. The fraction of sp³-hybridized carbons (Fsp3) is 0.154. The Labute approximate surface area is 107 Å². The number of hydrogen-bond acceptors (Lipinski definition) is 3. The first-order valence-corrected chi connectivity index (χ1v) is 5.39. The summed E-state index contributed by atoms with van der Waals surface area (Å²) < 4.78 is 43.8. The number of nitrogens with two attached hydrogens (primary N) is 1. The molecular weight excluding hydrogens is 257 g/mol. The van der Waals surface area contributed by atoms with Crippen LogP contribution in [0, 0.1) is 0 Å². The van der Waals surface area contributed by atoms with Crippen LogP contribution in [-0.4, -0.2) is 12.1 Å². The summed E-state index contributed by atoms with van der Waals surface area (Å²) in [5, 5.41) is 0. The lowest BCUT2D eigenvalue weighted by atomic mass is 10.0. The lowest BCUT2D eigenvalue weighted by molar-refractivity contribution is -0.137. The minimum absolute atomic E-state index is 0.00986. The highest BCUT2D eigenvalue weighted by atomic mass is 19.4. The minimum atomic E-state index is -4.48. The molecule has 6 heteroatoms. The molecule has 0 saturated carbocycles. The van der Waals surface area contributed by atoms with Crippen molar-refractivity contribution in [2.75, 3.05) is 12.8 Å². The summed E-state index contributed by atoms with van der Waals surface area (Å²) in [7, 11) is 1.49. The van der Waals surface area contributed by atoms with Crippen molar-refractivity contribution in [3.05, 3.63) is 42.1 Å². The number of rotatable bonds is 2. The average Bonchev–Trinajstić information content (AvgIpc) is 2.38. The van der Waals surface area contributed by atoms with Crippen LogP contribution >= 0.6 is 0 Å². The molecule has 0 aliphatic heterocycles. The average molecular weight is 268 g/mol. The summed E-state index contributed by atoms with van der Waals surface area (Å²) in [5.74, 6) is 0.408. The van der Waals surface area contributed by atoms with Gasteiger partial charge in [-0.3, -0.25) is 0 Å². The second kappa shape index (κ2) is 4.79. The van der Waals surface area contributed by atoms with Crippen LogP contribution in [0.1, 0.15) is 5.56 Å². The highest BCUT2D eigenvalue weighted by Gasteiger charge is 2.34. The number of pyridine rings is 1. The number of ether oxygens (including phenoxy) is 1. The standard InChI is InChI=1S/C13H11F3N2O/c1-19-9-4-2-8(3-5-9)10-7-18-12(17)6-11(10)13(14,15)16/h2-7H,1H3,(H2,17,18). The van der Waals surface area contributed by atoms with Crippen LogP contribution in [0.3, 0.4) is 0 Å². The van der Waals surface area contributed by atoms with E-state index in [1.54, 1.807) is 24.3 Å². The predicted octanol–water partition coefficient (Wildman–Crippen LogP) is 3.36. The van der Waals surface area contributed by atoms with Gasteiger partial charge < -0.3 is 10.5 Å². The highest BCUT2D eigenvalue weighted by molar-refractivity contribution is 5.69. The van der Waals surface area contributed by atoms with Gasteiger partial charge in [0.25, 0.3) is 0 Å². The minimum Gasteiger partial charge on any atom is -0.497 e. The third kappa shape index (κ3) is 2.78. The van der Waals surface area contributed by atoms with Gasteiger partial charge in [0.15, 0.2) is 0 Å². The molecule has 0 amide bonds. The lowest BCUT2D eigenvalue weighted by Gasteiger charge is -2.13. The van der Waals surface area contributed by atoms with E-state index in [0.717, 1.165) is 12.3 Å². The molecule has 2 aromatic rings. The molecule has 0 radical (unpaired) electrons. The molecule has 2 N–H and O–H groups in total. The summed E-state index contributed by atoms with van der Waals surface area (Å²) in [5.41, 5.74) is 4.91. The molecule has 0 unspecified atom stereocenters. The van der Waals surface area contributed by atoms with Crippen molar-refractivity contribution in [2.24, 2.45) is 0 Å². The summed E-state index contributed by atoms with van der Waals surface area (Å²) >= 11 is 0. The zero-order chi connectivity index (χ0) is 14.0. The predicted molar refractivity (Wildman–Crippen MR) is 65.6 cm³/mol. The maximum absolute atomic E-state index is 13.0. The summed E-state index contributed by atoms with van der Waals surface area (Å²) in [6.07, 6.45) is -3.35. The molecule has 0 spiro atoms. The van der Waals surface area contributed by atoms with Gasteiger partial charge in [0.1, 0.15) is 11.6 Å². The lowest BCUT2D eigenvalue weighted by Crippen LogP contribution is -2.09. The van der Waals surface area contributed by atoms with Gasteiger partial charge >= 0.3 is 6.18 Å². The Morgan fingerprint density at radius 2 is 1.79 bits per heavy atom. The number of alkyl halides is 3. The smallest absolute Gasteiger partial charge is 0.417 e. The molecule has 0 fully saturated rings. The number of benzene rings is 1. The van der Waals surface area contributed by atoms with Crippen molar-refractivity contribution in [1.29, 1.82) is 0 Å². The van der Waals surface area contributed by atoms with Gasteiger partial charge in [-0.15, -0.1) is 0 Å². The number of halogens is 3. The van der Waals surface area contributed by atoms with E-state index < -0.39 is 11.7 Å². The van der Waals surface area contributed by atoms with E-state index in [-0.39, 0.29) is 11.4 Å². The van der Waals surface area contributed by atoms with Crippen molar-refractivity contribution in [1.82, 2.24) is 4.98 Å². The Hall–Kier alpha value is -2.24. The summed E-state index contributed by atoms with van der Waals surface area (Å²) in [4.78, 5) is 3.72. The Bertz CT molecular complexity index is 579. The number of methoxy groups -OCH3 is 1. The number of aromatic nitrogens is 1. The zero-order valence-electron chi connectivity index (χ0n) is 10.0. The summed E-state index contributed by atoms with van der Waals surface area (Å²) in [6, 6.07) is 7.10. The molecule has 1 aromatic heterocycles. The Morgan fingerprint density at radius 1 is 1.16 bits per heavy atom. The maximum atomic E-state index is 13.0. The first kappa shape index (κ1) is 13.2. The van der Waals surface area contributed by atoms with E-state index in [1.807, 2.05) is 0 Å². The topological polar surface area (TPSA) is 48.1 Å². The molecule has 1 heterocycles. The van der Waals surface area contributed by atoms with Crippen LogP contribution in [0.15, 0.2) is 36.5 Å². The number of hydrogen-bond donors (Lipinski definition) is 1. The van der Waals surface area contributed by atoms with E-state index >= 15 is 0 Å². The van der Waals surface area contributed by atoms with Crippen molar-refractivity contribution >= 4 is 5.82 Å². The molecule has 3 nitrogen and oxygen atoms in total. The first-order chi connectivity index (χ1) is 8.91. The van der Waals surface area contributed by atoms with Crippen molar-refractivity contribution in [3.8, 4) is 16.9 Å². The second-order valence-corrected chi connectivity index (χ2v) is 3.88. The largest absolute Gasteiger partial charge is 0.497 e. The number of nitrogen functional groups attached to an aromatic ring is 1. The van der Waals surface area contributed by atoms with Crippen molar-refractivity contribution < 1.29 is 17.9 Å². The Balaban J connectivity index is 2.54. The van der Waals surface area contributed by atoms with E-state index in [2.05, 4.69) is 4.98 Å². The molecule has 0 atom stereocenters. The number of anilines is 1. The molecule has 100 valence electrons. The van der Waals surface area contributed by atoms with Gasteiger partial charge in [0.2, 0.25) is 0 Å². The normalized spacial score (nSPS) is 11.4. The van der Waals surface area contributed by atoms with Gasteiger partial charge in [-0.25, -0.2) is 4.98 Å². The molecule has 19 heavy (non-hydrogen) atoms. The maximum Gasteiger partial charge on any atom is 0.417 e. The van der Waals surface area contributed by atoms with Crippen LogP contribution in [-0.2, 0) is 6.18 Å². The highest BCUT2D eigenvalue weighted by Crippen LogP contribution is 2.37. The van der Waals surface area contributed by atoms with Gasteiger partial charge in [-0.05, 0) is 23.8 Å². The van der Waals surface area contributed by atoms with Gasteiger partial charge in [0.05, 0.1) is 12.7 Å². The molecule has 2 rings (SSSR count). The van der Waals surface area contributed by atoms with Crippen LogP contribution in [0.4, 0.5) is 19.0 Å². The van der Waals surface area contributed by atoms with E-state index in [4.69, 9.17) is 10.5 Å². The first-order valence-electron chi connectivity index (χ1n) is 5.39. The second-order valence-electron chi connectivity index (χ2n) is 3.88. The molecule has 1 aromatic carbocycles. The third-order valence-corrected chi connectivity index (χ3v) is 2.63. The van der Waals surface area contributed by atoms with Crippen molar-refractivity contribution in [2.45, 2.75) is 6.18 Å². The van der Waals surface area contributed by atoms with Crippen LogP contribution < -0.4 is 10.5 Å². The van der Waals surface area contributed by atoms with Crippen LogP contribution in [0.5, 0.6) is 5.75 Å². The summed E-state index contributed by atoms with van der Waals surface area (Å²) in [6.45, 7) is 0. The van der Waals surface area contributed by atoms with Crippen molar-refractivity contribution in [3.63, 3.8) is 0 Å². The van der Waals surface area contributed by atoms with Crippen LogP contribution in [0.2, 0.25) is 0 Å². The molecule has 0 aliphatic carbocycles. The molecule has 0 aliphatic rings. The van der Waals surface area contributed by atoms with Gasteiger partial charge in [-0.2, -0.15) is 13.2 Å². The zero-order valence-corrected chi connectivity index (χ0v) is 10.0. The third-order valence-electron chi connectivity index (χ3n) is 2.63. The number of nitrogens with zero attached hydrogens (tertiary/aromatic N) is 1. The van der Waals surface area contributed by atoms with E-state index in [1.165, 1.54) is 7.11 Å². The SMILES string of the molecule is COc1ccc(-c2cnc(N)cc2C(F)(F)F)cc1. The van der Waals surface area contributed by atoms with E-state index in [9.17, 15) is 13.2 Å².